The summed E-state index contributed by atoms with van der Waals surface area (Å²) in [6, 6.07) is 0. The molecule has 9 atom stereocenters. The molecule has 0 bridgehead atoms. The molecule has 1 saturated heterocycles. The van der Waals surface area contributed by atoms with Gasteiger partial charge in [0.15, 0.2) is 18.5 Å². The van der Waals surface area contributed by atoms with Gasteiger partial charge in [-0.05, 0) is 55.8 Å². The third-order valence-electron chi connectivity index (χ3n) is 10.1. The highest BCUT2D eigenvalue weighted by Crippen LogP contribution is 2.69. The number of Topliss-reactive ketones (excluding diaryl/α,β-unsaturated/α-hetero) is 1. The van der Waals surface area contributed by atoms with Gasteiger partial charge in [-0.1, -0.05) is 79.2 Å². The number of rotatable bonds is 9. The van der Waals surface area contributed by atoms with Gasteiger partial charge in [-0.2, -0.15) is 0 Å². The molecule has 9 heteroatoms. The summed E-state index contributed by atoms with van der Waals surface area (Å²) in [5.74, 6) is 0.737. The van der Waals surface area contributed by atoms with E-state index in [2.05, 4.69) is 45.6 Å². The SMILES string of the molecule is C=C1C=C[C@@]2(C)C(=C1)CC[C@@H]1[C@@H]2[C@@H](O)C[C@@]2(C)[C@H]1C[C@H]1OC(CCC)O[C@]12C(=O)COC(=O)OCCSSC. The third kappa shape index (κ3) is 4.74. The lowest BCUT2D eigenvalue weighted by molar-refractivity contribution is -0.200. The zero-order valence-electron chi connectivity index (χ0n) is 23.5. The number of hydrogen-bond donors (Lipinski definition) is 1. The number of carbonyl (C=O) groups excluding carboxylic acids is 2. The molecule has 0 spiro atoms. The van der Waals surface area contributed by atoms with Crippen LogP contribution < -0.4 is 0 Å². The molecule has 5 aliphatic rings. The predicted molar refractivity (Wildman–Crippen MR) is 153 cm³/mol. The van der Waals surface area contributed by atoms with E-state index in [0.717, 1.165) is 24.8 Å². The van der Waals surface area contributed by atoms with Crippen LogP contribution in [0, 0.1) is 28.6 Å². The van der Waals surface area contributed by atoms with Crippen molar-refractivity contribution in [2.75, 3.05) is 25.2 Å². The van der Waals surface area contributed by atoms with Crippen molar-refractivity contribution in [2.45, 2.75) is 83.4 Å². The standard InChI is InChI=1S/C30H42O7S2/c1-6-7-25-36-24-15-21-20-9-8-19-14-18(2)10-11-28(19,3)26(20)22(31)16-29(21,4)30(24,37-25)23(32)17-35-27(33)34-12-13-39-38-5/h10-11,14,20-22,24-26,31H,2,6-9,12-13,15-17H2,1,3-5H3/t20-,21-,22-,24+,25?,26+,28-,29-,30+/m0/s1. The number of allylic oxidation sites excluding steroid dienone is 5. The molecular weight excluding hydrogens is 536 g/mol. The minimum Gasteiger partial charge on any atom is -0.433 e. The maximum Gasteiger partial charge on any atom is 0.508 e. The van der Waals surface area contributed by atoms with Crippen molar-refractivity contribution in [3.63, 3.8) is 0 Å². The van der Waals surface area contributed by atoms with Gasteiger partial charge < -0.3 is 24.1 Å². The Balaban J connectivity index is 1.41. The van der Waals surface area contributed by atoms with E-state index >= 15 is 0 Å². The van der Waals surface area contributed by atoms with E-state index in [-0.39, 0.29) is 35.6 Å². The first-order valence-corrected chi connectivity index (χ1v) is 16.9. The maximum absolute atomic E-state index is 14.1. The molecular formula is C30H42O7S2. The Labute approximate surface area is 239 Å². The van der Waals surface area contributed by atoms with Crippen LogP contribution in [0.15, 0.2) is 36.0 Å². The van der Waals surface area contributed by atoms with Gasteiger partial charge in [-0.15, -0.1) is 0 Å². The fourth-order valence-corrected chi connectivity index (χ4v) is 9.62. The first kappa shape index (κ1) is 29.2. The summed E-state index contributed by atoms with van der Waals surface area (Å²) < 4.78 is 23.5. The normalized spacial score (nSPS) is 42.2. The van der Waals surface area contributed by atoms with Crippen LogP contribution in [-0.4, -0.2) is 66.4 Å². The predicted octanol–water partition coefficient (Wildman–Crippen LogP) is 5.88. The molecule has 39 heavy (non-hydrogen) atoms. The molecule has 4 aliphatic carbocycles. The van der Waals surface area contributed by atoms with Gasteiger partial charge in [0.05, 0.1) is 12.2 Å². The Morgan fingerprint density at radius 2 is 2.08 bits per heavy atom. The van der Waals surface area contributed by atoms with E-state index in [1.54, 1.807) is 21.6 Å². The Hall–Kier alpha value is -1.26. The number of ether oxygens (including phenoxy) is 4. The smallest absolute Gasteiger partial charge is 0.433 e. The van der Waals surface area contributed by atoms with Crippen molar-refractivity contribution in [1.29, 1.82) is 0 Å². The molecule has 7 nitrogen and oxygen atoms in total. The molecule has 0 aromatic carbocycles. The molecule has 1 aliphatic heterocycles. The lowest BCUT2D eigenvalue weighted by atomic mass is 9.46. The molecule has 1 unspecified atom stereocenters. The first-order valence-electron chi connectivity index (χ1n) is 14.2. The summed E-state index contributed by atoms with van der Waals surface area (Å²) in [5, 5.41) is 11.8. The summed E-state index contributed by atoms with van der Waals surface area (Å²) in [6.45, 7) is 10.3. The zero-order chi connectivity index (χ0) is 28.0. The fraction of sp³-hybridized carbons (Fsp3) is 0.733. The molecule has 0 radical (unpaired) electrons. The van der Waals surface area contributed by atoms with Crippen LogP contribution in [0.1, 0.15) is 59.3 Å². The second kappa shape index (κ2) is 11.2. The van der Waals surface area contributed by atoms with Crippen LogP contribution >= 0.6 is 21.6 Å². The van der Waals surface area contributed by atoms with Gasteiger partial charge in [-0.3, -0.25) is 4.79 Å². The Morgan fingerprint density at radius 3 is 2.82 bits per heavy atom. The van der Waals surface area contributed by atoms with Crippen LogP contribution in [0.2, 0.25) is 0 Å². The average molecular weight is 579 g/mol. The Bertz CT molecular complexity index is 1060. The highest BCUT2D eigenvalue weighted by atomic mass is 33.1. The van der Waals surface area contributed by atoms with Gasteiger partial charge in [0.25, 0.3) is 0 Å². The van der Waals surface area contributed by atoms with Gasteiger partial charge >= 0.3 is 6.16 Å². The van der Waals surface area contributed by atoms with E-state index in [1.807, 2.05) is 6.26 Å². The molecule has 216 valence electrons. The highest BCUT2D eigenvalue weighted by molar-refractivity contribution is 8.76. The number of hydrogen-bond acceptors (Lipinski definition) is 9. The van der Waals surface area contributed by atoms with E-state index in [4.69, 9.17) is 18.9 Å². The topological polar surface area (TPSA) is 91.3 Å². The number of aliphatic hydroxyl groups is 1. The molecule has 1 N–H and O–H groups in total. The summed E-state index contributed by atoms with van der Waals surface area (Å²) in [7, 11) is 3.18. The third-order valence-corrected chi connectivity index (χ3v) is 11.9. The quantitative estimate of drug-likeness (QED) is 0.205. The van der Waals surface area contributed by atoms with Gasteiger partial charge in [0.2, 0.25) is 5.78 Å². The lowest BCUT2D eigenvalue weighted by Crippen LogP contribution is -2.63. The minimum absolute atomic E-state index is 0.0442. The number of ketones is 1. The Morgan fingerprint density at radius 1 is 1.28 bits per heavy atom. The zero-order valence-corrected chi connectivity index (χ0v) is 25.1. The summed E-state index contributed by atoms with van der Waals surface area (Å²) in [4.78, 5) is 26.3. The second-order valence-corrected chi connectivity index (χ2v) is 14.8. The lowest BCUT2D eigenvalue weighted by Gasteiger charge is -2.59. The summed E-state index contributed by atoms with van der Waals surface area (Å²) >= 11 is 0. The number of aliphatic hydroxyl groups excluding tert-OH is 1. The summed E-state index contributed by atoms with van der Waals surface area (Å²) in [6.07, 6.45) is 10.6. The summed E-state index contributed by atoms with van der Waals surface area (Å²) in [5.41, 5.74) is 0.168. The second-order valence-electron chi connectivity index (χ2n) is 12.1. The van der Waals surface area contributed by atoms with Crippen molar-refractivity contribution >= 4 is 33.5 Å². The molecule has 1 heterocycles. The molecule has 0 aromatic heterocycles. The fourth-order valence-electron chi connectivity index (χ4n) is 8.60. The number of carbonyl (C=O) groups is 2. The van der Waals surface area contributed by atoms with E-state index < -0.39 is 42.3 Å². The van der Waals surface area contributed by atoms with Gasteiger partial charge in [0, 0.05) is 22.5 Å². The van der Waals surface area contributed by atoms with Crippen LogP contribution in [0.5, 0.6) is 0 Å². The van der Waals surface area contributed by atoms with E-state index in [0.29, 0.717) is 25.0 Å². The monoisotopic (exact) mass is 578 g/mol. The minimum atomic E-state index is -1.27. The molecule has 4 fully saturated rings. The first-order chi connectivity index (χ1) is 18.6. The van der Waals surface area contributed by atoms with Crippen LogP contribution in [0.3, 0.4) is 0 Å². The highest BCUT2D eigenvalue weighted by Gasteiger charge is 2.75. The van der Waals surface area contributed by atoms with Gasteiger partial charge in [-0.25, -0.2) is 4.79 Å². The Kier molecular flexibility index (Phi) is 8.39. The van der Waals surface area contributed by atoms with Crippen LogP contribution in [0.25, 0.3) is 0 Å². The van der Waals surface area contributed by atoms with Crippen LogP contribution in [-0.2, 0) is 23.7 Å². The molecule has 5 rings (SSSR count). The van der Waals surface area contributed by atoms with Crippen LogP contribution in [0.4, 0.5) is 4.79 Å². The van der Waals surface area contributed by atoms with Crippen molar-refractivity contribution in [3.05, 3.63) is 36.0 Å². The van der Waals surface area contributed by atoms with Crippen molar-refractivity contribution in [1.82, 2.24) is 0 Å². The maximum atomic E-state index is 14.1. The number of fused-ring (bicyclic) bond motifs is 7. The largest absolute Gasteiger partial charge is 0.508 e. The van der Waals surface area contributed by atoms with Crippen molar-refractivity contribution in [3.8, 4) is 0 Å². The molecule has 0 amide bonds. The van der Waals surface area contributed by atoms with Crippen molar-refractivity contribution < 1.29 is 33.6 Å². The van der Waals surface area contributed by atoms with E-state index in [1.165, 1.54) is 5.57 Å². The molecule has 3 saturated carbocycles. The van der Waals surface area contributed by atoms with Gasteiger partial charge in [0.1, 0.15) is 6.61 Å². The van der Waals surface area contributed by atoms with Crippen molar-refractivity contribution in [2.24, 2.45) is 28.6 Å². The van der Waals surface area contributed by atoms with E-state index in [9.17, 15) is 14.7 Å². The molecule has 0 aromatic rings. The average Bonchev–Trinajstić information content (AvgIpc) is 3.37.